The fourth-order valence-electron chi connectivity index (χ4n) is 3.89. The maximum atomic E-state index is 13.2. The predicted octanol–water partition coefficient (Wildman–Crippen LogP) is 5.07. The maximum absolute atomic E-state index is 13.2. The highest BCUT2D eigenvalue weighted by Crippen LogP contribution is 2.30. The zero-order valence-electron chi connectivity index (χ0n) is 16.6. The van der Waals surface area contributed by atoms with Crippen molar-refractivity contribution in [3.05, 3.63) is 56.5 Å². The van der Waals surface area contributed by atoms with E-state index in [1.165, 1.54) is 4.31 Å². The van der Waals surface area contributed by atoms with Gasteiger partial charge in [-0.2, -0.15) is 4.31 Å². The van der Waals surface area contributed by atoms with Crippen molar-refractivity contribution >= 4 is 49.1 Å². The molecule has 29 heavy (non-hydrogen) atoms. The molecule has 0 aliphatic carbocycles. The molecule has 3 rings (SSSR count). The van der Waals surface area contributed by atoms with E-state index in [-0.39, 0.29) is 11.8 Å². The Morgan fingerprint density at radius 3 is 2.24 bits per heavy atom. The Kier molecular flexibility index (Phi) is 6.73. The molecule has 1 heterocycles. The first-order chi connectivity index (χ1) is 13.6. The van der Waals surface area contributed by atoms with Crippen molar-refractivity contribution in [3.8, 4) is 0 Å². The van der Waals surface area contributed by atoms with Crippen molar-refractivity contribution in [1.29, 1.82) is 0 Å². The molecule has 0 spiro atoms. The van der Waals surface area contributed by atoms with E-state index in [0.717, 1.165) is 21.2 Å². The highest BCUT2D eigenvalue weighted by atomic mass is 79.9. The highest BCUT2D eigenvalue weighted by Gasteiger charge is 2.33. The van der Waals surface area contributed by atoms with Crippen molar-refractivity contribution in [3.63, 3.8) is 0 Å². The molecule has 1 saturated heterocycles. The van der Waals surface area contributed by atoms with Crippen LogP contribution in [0.5, 0.6) is 0 Å². The van der Waals surface area contributed by atoms with Crippen LogP contribution in [-0.4, -0.2) is 31.7 Å². The number of carbonyl (C=O) groups is 1. The van der Waals surface area contributed by atoms with Gasteiger partial charge in [-0.3, -0.25) is 4.79 Å². The van der Waals surface area contributed by atoms with E-state index in [0.29, 0.717) is 41.5 Å². The Balaban J connectivity index is 1.69. The third kappa shape index (κ3) is 4.85. The normalized spacial score (nSPS) is 16.0. The molecule has 2 aromatic carbocycles. The summed E-state index contributed by atoms with van der Waals surface area (Å²) >= 11 is 9.51. The summed E-state index contributed by atoms with van der Waals surface area (Å²) in [7, 11) is -3.58. The number of carbonyl (C=O) groups excluding carboxylic acids is 1. The summed E-state index contributed by atoms with van der Waals surface area (Å²) in [6.45, 7) is 6.25. The molecule has 1 fully saturated rings. The lowest BCUT2D eigenvalue weighted by atomic mass is 9.97. The van der Waals surface area contributed by atoms with Gasteiger partial charge in [-0.25, -0.2) is 8.42 Å². The average Bonchev–Trinajstić information content (AvgIpc) is 2.63. The summed E-state index contributed by atoms with van der Waals surface area (Å²) in [6, 6.07) is 9.05. The van der Waals surface area contributed by atoms with E-state index < -0.39 is 10.0 Å². The number of halogens is 2. The third-order valence-corrected chi connectivity index (χ3v) is 8.23. The zero-order chi connectivity index (χ0) is 21.3. The quantitative estimate of drug-likeness (QED) is 0.639. The molecule has 1 N–H and O–H groups in total. The van der Waals surface area contributed by atoms with Crippen LogP contribution in [0.2, 0.25) is 5.02 Å². The third-order valence-electron chi connectivity index (χ3n) is 5.22. The van der Waals surface area contributed by atoms with E-state index in [1.54, 1.807) is 12.1 Å². The van der Waals surface area contributed by atoms with Crippen LogP contribution in [0, 0.1) is 26.7 Å². The Hall–Kier alpha value is -1.41. The lowest BCUT2D eigenvalue weighted by Gasteiger charge is -2.31. The fraction of sp³-hybridized carbons (Fsp3) is 0.381. The standard InChI is InChI=1S/C21H24BrClN2O3S/c1-13-10-14(2)20(15(3)11-13)29(27,28)25-8-6-16(7-9-25)21(26)24-19-5-4-17(22)12-18(19)23/h4-5,10-12,16H,6-9H2,1-3H3,(H,24,26). The number of rotatable bonds is 4. The van der Waals surface area contributed by atoms with E-state index >= 15 is 0 Å². The minimum absolute atomic E-state index is 0.131. The topological polar surface area (TPSA) is 66.5 Å². The monoisotopic (exact) mass is 498 g/mol. The minimum Gasteiger partial charge on any atom is -0.325 e. The molecule has 0 saturated carbocycles. The van der Waals surface area contributed by atoms with Crippen LogP contribution in [0.4, 0.5) is 5.69 Å². The van der Waals surface area contributed by atoms with E-state index in [2.05, 4.69) is 21.2 Å². The average molecular weight is 500 g/mol. The summed E-state index contributed by atoms with van der Waals surface area (Å²) < 4.78 is 28.7. The number of amides is 1. The Labute approximate surface area is 185 Å². The number of hydrogen-bond acceptors (Lipinski definition) is 3. The Bertz CT molecular complexity index is 1020. The largest absolute Gasteiger partial charge is 0.325 e. The maximum Gasteiger partial charge on any atom is 0.243 e. The van der Waals surface area contributed by atoms with E-state index in [1.807, 2.05) is 39.0 Å². The van der Waals surface area contributed by atoms with Crippen molar-refractivity contribution < 1.29 is 13.2 Å². The number of aryl methyl sites for hydroxylation is 3. The van der Waals surface area contributed by atoms with Crippen LogP contribution in [0.15, 0.2) is 39.7 Å². The molecule has 0 unspecified atom stereocenters. The number of benzene rings is 2. The van der Waals surface area contributed by atoms with Gasteiger partial charge in [-0.1, -0.05) is 45.2 Å². The first kappa shape index (κ1) is 22.3. The molecule has 0 bridgehead atoms. The van der Waals surface area contributed by atoms with E-state index in [9.17, 15) is 13.2 Å². The lowest BCUT2D eigenvalue weighted by molar-refractivity contribution is -0.120. The second-order valence-electron chi connectivity index (χ2n) is 7.52. The minimum atomic E-state index is -3.58. The summed E-state index contributed by atoms with van der Waals surface area (Å²) in [4.78, 5) is 13.0. The van der Waals surface area contributed by atoms with Crippen LogP contribution in [0.1, 0.15) is 29.5 Å². The number of anilines is 1. The van der Waals surface area contributed by atoms with Gasteiger partial charge in [0.25, 0.3) is 0 Å². The van der Waals surface area contributed by atoms with Gasteiger partial charge in [0.05, 0.1) is 15.6 Å². The predicted molar refractivity (Wildman–Crippen MR) is 120 cm³/mol. The fourth-order valence-corrected chi connectivity index (χ4v) is 6.49. The van der Waals surface area contributed by atoms with Gasteiger partial charge in [0.2, 0.25) is 15.9 Å². The molecule has 1 aliphatic heterocycles. The van der Waals surface area contributed by atoms with Crippen molar-refractivity contribution in [2.75, 3.05) is 18.4 Å². The Morgan fingerprint density at radius 2 is 1.69 bits per heavy atom. The zero-order valence-corrected chi connectivity index (χ0v) is 19.8. The van der Waals surface area contributed by atoms with Crippen molar-refractivity contribution in [2.24, 2.45) is 5.92 Å². The van der Waals surface area contributed by atoms with Crippen LogP contribution in [-0.2, 0) is 14.8 Å². The molecule has 5 nitrogen and oxygen atoms in total. The number of nitrogens with zero attached hydrogens (tertiary/aromatic N) is 1. The van der Waals surface area contributed by atoms with Gasteiger partial charge >= 0.3 is 0 Å². The SMILES string of the molecule is Cc1cc(C)c(S(=O)(=O)N2CCC(C(=O)Nc3ccc(Br)cc3Cl)CC2)c(C)c1. The van der Waals surface area contributed by atoms with E-state index in [4.69, 9.17) is 11.6 Å². The summed E-state index contributed by atoms with van der Waals surface area (Å²) in [5.41, 5.74) is 3.11. The van der Waals surface area contributed by atoms with Crippen molar-refractivity contribution in [1.82, 2.24) is 4.31 Å². The van der Waals surface area contributed by atoms with Crippen molar-refractivity contribution in [2.45, 2.75) is 38.5 Å². The lowest BCUT2D eigenvalue weighted by Crippen LogP contribution is -2.41. The van der Waals surface area contributed by atoms with Gasteiger partial charge in [0, 0.05) is 23.5 Å². The van der Waals surface area contributed by atoms with Crippen LogP contribution < -0.4 is 5.32 Å². The first-order valence-electron chi connectivity index (χ1n) is 9.43. The first-order valence-corrected chi connectivity index (χ1v) is 12.0. The van der Waals surface area contributed by atoms with Crippen LogP contribution >= 0.6 is 27.5 Å². The molecule has 1 aliphatic rings. The second-order valence-corrected chi connectivity index (χ2v) is 10.7. The Morgan fingerprint density at radius 1 is 1.10 bits per heavy atom. The van der Waals surface area contributed by atoms with Crippen LogP contribution in [0.3, 0.4) is 0 Å². The molecule has 1 amide bonds. The van der Waals surface area contributed by atoms with Gasteiger partial charge < -0.3 is 5.32 Å². The number of piperidine rings is 1. The van der Waals surface area contributed by atoms with Crippen LogP contribution in [0.25, 0.3) is 0 Å². The number of sulfonamides is 1. The smallest absolute Gasteiger partial charge is 0.243 e. The molecular weight excluding hydrogens is 476 g/mol. The molecule has 8 heteroatoms. The molecule has 0 radical (unpaired) electrons. The number of nitrogens with one attached hydrogen (secondary N) is 1. The molecule has 0 aromatic heterocycles. The summed E-state index contributed by atoms with van der Waals surface area (Å²) in [6.07, 6.45) is 0.951. The number of hydrogen-bond donors (Lipinski definition) is 1. The molecule has 2 aromatic rings. The highest BCUT2D eigenvalue weighted by molar-refractivity contribution is 9.10. The van der Waals surface area contributed by atoms with Gasteiger partial charge in [-0.15, -0.1) is 0 Å². The molecular formula is C21H24BrClN2O3S. The summed E-state index contributed by atoms with van der Waals surface area (Å²) in [5, 5.41) is 3.31. The van der Waals surface area contributed by atoms with Gasteiger partial charge in [0.1, 0.15) is 0 Å². The molecule has 0 atom stereocenters. The molecule has 156 valence electrons. The summed E-state index contributed by atoms with van der Waals surface area (Å²) in [5.74, 6) is -0.379. The van der Waals surface area contributed by atoms with Gasteiger partial charge in [-0.05, 0) is 62.9 Å². The second kappa shape index (κ2) is 8.76. The van der Waals surface area contributed by atoms with Gasteiger partial charge in [0.15, 0.2) is 0 Å².